The van der Waals surface area contributed by atoms with E-state index in [2.05, 4.69) is 14.9 Å². The molecular weight excluding hydrogens is 310 g/mol. The maximum absolute atomic E-state index is 11.7. The first-order valence-corrected chi connectivity index (χ1v) is 8.16. The van der Waals surface area contributed by atoms with Gasteiger partial charge in [-0.2, -0.15) is 0 Å². The van der Waals surface area contributed by atoms with Crippen LogP contribution in [0.1, 0.15) is 16.1 Å². The quantitative estimate of drug-likeness (QED) is 0.875. The van der Waals surface area contributed by atoms with Crippen molar-refractivity contribution in [1.29, 1.82) is 0 Å². The summed E-state index contributed by atoms with van der Waals surface area (Å²) in [7, 11) is 1.49. The van der Waals surface area contributed by atoms with E-state index in [1.807, 2.05) is 0 Å². The molecule has 0 aliphatic rings. The molecule has 6 nitrogen and oxygen atoms in total. The number of halogens is 1. The minimum Gasteiger partial charge on any atom is -0.321 e. The van der Waals surface area contributed by atoms with E-state index in [9.17, 15) is 13.2 Å². The standard InChI is InChI=1S/C10H8ClN3O3S2/c1-6-4-7(2-3-9(6)19(11,16)17)12-10(15)8-5-18-14-13-8/h2-5H,1H3,(H,12,15). The SMILES string of the molecule is Cc1cc(NC(=O)c2csnn2)ccc1S(=O)(=O)Cl. The Hall–Kier alpha value is -1.51. The molecule has 0 aliphatic heterocycles. The number of nitrogens with zero attached hydrogens (tertiary/aromatic N) is 2. The van der Waals surface area contributed by atoms with Gasteiger partial charge in [-0.3, -0.25) is 4.79 Å². The fourth-order valence-electron chi connectivity index (χ4n) is 1.46. The van der Waals surface area contributed by atoms with Crippen molar-refractivity contribution in [2.24, 2.45) is 0 Å². The molecule has 1 aromatic carbocycles. The number of rotatable bonds is 3. The highest BCUT2D eigenvalue weighted by atomic mass is 35.7. The van der Waals surface area contributed by atoms with Crippen LogP contribution in [0.2, 0.25) is 0 Å². The smallest absolute Gasteiger partial charge is 0.277 e. The van der Waals surface area contributed by atoms with Gasteiger partial charge in [0.25, 0.3) is 15.0 Å². The zero-order valence-electron chi connectivity index (χ0n) is 9.62. The number of amides is 1. The number of aryl methyl sites for hydroxylation is 1. The number of hydrogen-bond acceptors (Lipinski definition) is 6. The van der Waals surface area contributed by atoms with Crippen LogP contribution < -0.4 is 5.32 Å². The van der Waals surface area contributed by atoms with Crippen LogP contribution in [0.4, 0.5) is 5.69 Å². The van der Waals surface area contributed by atoms with Gasteiger partial charge in [0.05, 0.1) is 4.90 Å². The molecular formula is C10H8ClN3O3S2. The van der Waals surface area contributed by atoms with Crippen molar-refractivity contribution in [3.8, 4) is 0 Å². The third-order valence-corrected chi connectivity index (χ3v) is 4.27. The van der Waals surface area contributed by atoms with Crippen molar-refractivity contribution in [2.45, 2.75) is 11.8 Å². The Bertz CT molecular complexity index is 714. The van der Waals surface area contributed by atoms with Gasteiger partial charge in [0.1, 0.15) is 0 Å². The van der Waals surface area contributed by atoms with E-state index >= 15 is 0 Å². The van der Waals surface area contributed by atoms with Crippen LogP contribution in [0.15, 0.2) is 28.5 Å². The summed E-state index contributed by atoms with van der Waals surface area (Å²) in [5.41, 5.74) is 1.11. The summed E-state index contributed by atoms with van der Waals surface area (Å²) < 4.78 is 26.1. The largest absolute Gasteiger partial charge is 0.321 e. The van der Waals surface area contributed by atoms with Crippen LogP contribution in [0.25, 0.3) is 0 Å². The number of nitrogens with one attached hydrogen (secondary N) is 1. The van der Waals surface area contributed by atoms with Gasteiger partial charge < -0.3 is 5.32 Å². The van der Waals surface area contributed by atoms with E-state index in [1.165, 1.54) is 23.6 Å². The van der Waals surface area contributed by atoms with Crippen LogP contribution in [0.5, 0.6) is 0 Å². The number of hydrogen-bond donors (Lipinski definition) is 1. The molecule has 9 heteroatoms. The molecule has 0 atom stereocenters. The van der Waals surface area contributed by atoms with Gasteiger partial charge in [0, 0.05) is 21.7 Å². The third kappa shape index (κ3) is 3.28. The molecule has 1 aromatic heterocycles. The van der Waals surface area contributed by atoms with Gasteiger partial charge in [-0.1, -0.05) is 4.49 Å². The molecule has 1 heterocycles. The second-order valence-electron chi connectivity index (χ2n) is 3.66. The van der Waals surface area contributed by atoms with Crippen molar-refractivity contribution < 1.29 is 13.2 Å². The summed E-state index contributed by atoms with van der Waals surface area (Å²) >= 11 is 1.07. The van der Waals surface area contributed by atoms with Crippen LogP contribution in [-0.2, 0) is 9.05 Å². The second-order valence-corrected chi connectivity index (χ2v) is 6.81. The number of aromatic nitrogens is 2. The Morgan fingerprint density at radius 1 is 1.42 bits per heavy atom. The van der Waals surface area contributed by atoms with Crippen molar-refractivity contribution in [1.82, 2.24) is 9.59 Å². The molecule has 0 aliphatic carbocycles. The van der Waals surface area contributed by atoms with E-state index in [-0.39, 0.29) is 10.6 Å². The van der Waals surface area contributed by atoms with Gasteiger partial charge in [-0.15, -0.1) is 5.10 Å². The van der Waals surface area contributed by atoms with Crippen molar-refractivity contribution in [3.63, 3.8) is 0 Å². The lowest BCUT2D eigenvalue weighted by Crippen LogP contribution is -2.12. The lowest BCUT2D eigenvalue weighted by atomic mass is 10.2. The van der Waals surface area contributed by atoms with E-state index in [4.69, 9.17) is 10.7 Å². The van der Waals surface area contributed by atoms with Gasteiger partial charge in [-0.05, 0) is 42.2 Å². The maximum atomic E-state index is 11.7. The Kier molecular flexibility index (Phi) is 3.83. The zero-order valence-corrected chi connectivity index (χ0v) is 12.0. The Morgan fingerprint density at radius 3 is 2.68 bits per heavy atom. The number of carbonyl (C=O) groups excluding carboxylic acids is 1. The molecule has 0 fully saturated rings. The van der Waals surface area contributed by atoms with Crippen LogP contribution >= 0.6 is 22.2 Å². The lowest BCUT2D eigenvalue weighted by Gasteiger charge is -2.06. The lowest BCUT2D eigenvalue weighted by molar-refractivity contribution is 0.102. The monoisotopic (exact) mass is 317 g/mol. The first kappa shape index (κ1) is 13.9. The second kappa shape index (κ2) is 5.24. The minimum absolute atomic E-state index is 0.0162. The fourth-order valence-corrected chi connectivity index (χ4v) is 3.09. The molecule has 0 spiro atoms. The third-order valence-electron chi connectivity index (χ3n) is 2.29. The molecule has 19 heavy (non-hydrogen) atoms. The van der Waals surface area contributed by atoms with E-state index in [0.717, 1.165) is 11.5 Å². The number of benzene rings is 1. The normalized spacial score (nSPS) is 11.3. The molecule has 1 amide bonds. The predicted octanol–water partition coefficient (Wildman–Crippen LogP) is 2.03. The first-order chi connectivity index (χ1) is 8.88. The number of carbonyl (C=O) groups is 1. The van der Waals surface area contributed by atoms with E-state index in [1.54, 1.807) is 6.92 Å². The summed E-state index contributed by atoms with van der Waals surface area (Å²) in [6.07, 6.45) is 0. The van der Waals surface area contributed by atoms with Gasteiger partial charge >= 0.3 is 0 Å². The van der Waals surface area contributed by atoms with Gasteiger partial charge in [0.15, 0.2) is 5.69 Å². The summed E-state index contributed by atoms with van der Waals surface area (Å²) in [6, 6.07) is 4.32. The molecule has 0 bridgehead atoms. The summed E-state index contributed by atoms with van der Waals surface area (Å²) in [6.45, 7) is 1.59. The molecule has 2 rings (SSSR count). The van der Waals surface area contributed by atoms with E-state index < -0.39 is 15.0 Å². The molecule has 1 N–H and O–H groups in total. The number of anilines is 1. The maximum Gasteiger partial charge on any atom is 0.277 e. The van der Waals surface area contributed by atoms with Gasteiger partial charge in [-0.25, -0.2) is 8.42 Å². The fraction of sp³-hybridized carbons (Fsp3) is 0.100. The topological polar surface area (TPSA) is 89.0 Å². The minimum atomic E-state index is -3.78. The highest BCUT2D eigenvalue weighted by Crippen LogP contribution is 2.23. The molecule has 0 saturated heterocycles. The first-order valence-electron chi connectivity index (χ1n) is 5.01. The highest BCUT2D eigenvalue weighted by molar-refractivity contribution is 8.13. The van der Waals surface area contributed by atoms with Crippen LogP contribution in [0.3, 0.4) is 0 Å². The predicted molar refractivity (Wildman–Crippen MR) is 72.1 cm³/mol. The Balaban J connectivity index is 2.24. The summed E-state index contributed by atoms with van der Waals surface area (Å²) in [5, 5.41) is 7.74. The van der Waals surface area contributed by atoms with Crippen LogP contribution in [-0.4, -0.2) is 23.9 Å². The van der Waals surface area contributed by atoms with Crippen molar-refractivity contribution in [3.05, 3.63) is 34.8 Å². The molecule has 0 saturated carbocycles. The Labute approximate surface area is 118 Å². The molecule has 2 aromatic rings. The van der Waals surface area contributed by atoms with Crippen LogP contribution in [0, 0.1) is 6.92 Å². The summed E-state index contributed by atoms with van der Waals surface area (Å²) in [5.74, 6) is -0.408. The molecule has 100 valence electrons. The van der Waals surface area contributed by atoms with Gasteiger partial charge in [0.2, 0.25) is 0 Å². The average molecular weight is 318 g/mol. The molecule has 0 unspecified atom stereocenters. The van der Waals surface area contributed by atoms with E-state index in [0.29, 0.717) is 11.3 Å². The molecule has 0 radical (unpaired) electrons. The van der Waals surface area contributed by atoms with Crippen molar-refractivity contribution >= 4 is 42.9 Å². The Morgan fingerprint density at radius 2 is 2.16 bits per heavy atom. The van der Waals surface area contributed by atoms with Crippen molar-refractivity contribution in [2.75, 3.05) is 5.32 Å². The summed E-state index contributed by atoms with van der Waals surface area (Å²) in [4.78, 5) is 11.7. The average Bonchev–Trinajstić information content (AvgIpc) is 2.80. The highest BCUT2D eigenvalue weighted by Gasteiger charge is 2.15. The zero-order chi connectivity index (χ0) is 14.0.